The van der Waals surface area contributed by atoms with Crippen LogP contribution in [-0.2, 0) is 6.42 Å². The molecule has 1 aliphatic carbocycles. The Morgan fingerprint density at radius 1 is 1.17 bits per heavy atom. The molecule has 0 bridgehead atoms. The first-order valence-corrected chi connectivity index (χ1v) is 11.0. The summed E-state index contributed by atoms with van der Waals surface area (Å²) in [4.78, 5) is 0. The first-order valence-electron chi connectivity index (χ1n) is 11.0. The molecule has 2 aromatic carbocycles. The molecule has 29 heavy (non-hydrogen) atoms. The largest absolute Gasteiger partial charge is 0.496 e. The first-order chi connectivity index (χ1) is 13.9. The van der Waals surface area contributed by atoms with E-state index in [1.165, 1.54) is 40.7 Å². The molecule has 1 unspecified atom stereocenters. The van der Waals surface area contributed by atoms with Crippen molar-refractivity contribution in [1.29, 1.82) is 0 Å². The van der Waals surface area contributed by atoms with Gasteiger partial charge >= 0.3 is 0 Å². The Morgan fingerprint density at radius 3 is 2.55 bits per heavy atom. The minimum atomic E-state index is 0.522. The van der Waals surface area contributed by atoms with Crippen molar-refractivity contribution in [3.8, 4) is 5.75 Å². The zero-order chi connectivity index (χ0) is 21.0. The summed E-state index contributed by atoms with van der Waals surface area (Å²) in [7, 11) is 1.82. The van der Waals surface area contributed by atoms with Gasteiger partial charge in [-0.2, -0.15) is 0 Å². The zero-order valence-corrected chi connectivity index (χ0v) is 19.0. The van der Waals surface area contributed by atoms with E-state index in [4.69, 9.17) is 4.74 Å². The van der Waals surface area contributed by atoms with E-state index in [0.29, 0.717) is 17.8 Å². The monoisotopic (exact) mass is 388 g/mol. The fourth-order valence-electron chi connectivity index (χ4n) is 4.89. The summed E-state index contributed by atoms with van der Waals surface area (Å²) in [6.45, 7) is 11.3. The molecule has 2 aromatic rings. The molecule has 0 fully saturated rings. The lowest BCUT2D eigenvalue weighted by molar-refractivity contribution is 0.397. The number of ether oxygens (including phenoxy) is 1. The third-order valence-electron chi connectivity index (χ3n) is 6.35. The Hall–Kier alpha value is -2.28. The van der Waals surface area contributed by atoms with Crippen LogP contribution in [0.1, 0.15) is 80.2 Å². The summed E-state index contributed by atoms with van der Waals surface area (Å²) in [5.41, 5.74) is 8.43. The molecule has 154 valence electrons. The molecular weight excluding hydrogens is 352 g/mol. The highest BCUT2D eigenvalue weighted by Gasteiger charge is 2.31. The third kappa shape index (κ3) is 4.83. The van der Waals surface area contributed by atoms with Crippen molar-refractivity contribution in [3.63, 3.8) is 0 Å². The van der Waals surface area contributed by atoms with Gasteiger partial charge in [-0.3, -0.25) is 0 Å². The number of hydrogen-bond acceptors (Lipinski definition) is 1. The van der Waals surface area contributed by atoms with Gasteiger partial charge in [0.1, 0.15) is 5.75 Å². The highest BCUT2D eigenvalue weighted by atomic mass is 16.5. The number of allylic oxidation sites excluding steroid dienone is 4. The van der Waals surface area contributed by atoms with E-state index < -0.39 is 0 Å². The van der Waals surface area contributed by atoms with E-state index in [0.717, 1.165) is 12.2 Å². The quantitative estimate of drug-likeness (QED) is 0.460. The highest BCUT2D eigenvalue weighted by molar-refractivity contribution is 5.55. The fraction of sp³-hybridized carbons (Fsp3) is 0.429. The van der Waals surface area contributed by atoms with Gasteiger partial charge in [0.05, 0.1) is 7.11 Å². The highest BCUT2D eigenvalue weighted by Crippen LogP contribution is 2.47. The summed E-state index contributed by atoms with van der Waals surface area (Å²) in [6.07, 6.45) is 10.3. The molecule has 0 amide bonds. The second kappa shape index (κ2) is 9.48. The van der Waals surface area contributed by atoms with Crippen molar-refractivity contribution < 1.29 is 4.74 Å². The lowest BCUT2D eigenvalue weighted by Gasteiger charge is -2.35. The average Bonchev–Trinajstić information content (AvgIpc) is 2.68. The van der Waals surface area contributed by atoms with E-state index in [9.17, 15) is 0 Å². The smallest absolute Gasteiger partial charge is 0.125 e. The molecule has 0 aromatic heterocycles. The second-order valence-electron chi connectivity index (χ2n) is 8.94. The Kier molecular flexibility index (Phi) is 7.00. The Morgan fingerprint density at radius 2 is 1.90 bits per heavy atom. The topological polar surface area (TPSA) is 9.23 Å². The van der Waals surface area contributed by atoms with Crippen LogP contribution in [0.3, 0.4) is 0 Å². The molecule has 0 radical (unpaired) electrons. The van der Waals surface area contributed by atoms with Crippen LogP contribution in [-0.4, -0.2) is 7.11 Å². The summed E-state index contributed by atoms with van der Waals surface area (Å²) >= 11 is 0. The minimum absolute atomic E-state index is 0.522. The van der Waals surface area contributed by atoms with Crippen LogP contribution < -0.4 is 4.74 Å². The lowest BCUT2D eigenvalue weighted by Crippen LogP contribution is -2.20. The maximum Gasteiger partial charge on any atom is 0.125 e. The van der Waals surface area contributed by atoms with Crippen molar-refractivity contribution in [1.82, 2.24) is 0 Å². The summed E-state index contributed by atoms with van der Waals surface area (Å²) in [5.74, 6) is 2.74. The maximum atomic E-state index is 5.93. The van der Waals surface area contributed by atoms with Gasteiger partial charge in [0.2, 0.25) is 0 Å². The molecule has 1 aliphatic rings. The molecule has 1 nitrogen and oxygen atoms in total. The van der Waals surface area contributed by atoms with Crippen molar-refractivity contribution in [2.45, 2.75) is 65.7 Å². The van der Waals surface area contributed by atoms with Gasteiger partial charge in [0.15, 0.2) is 0 Å². The molecule has 0 saturated heterocycles. The SMILES string of the molecule is COc1c(C)cc2c(c1Cc1ccccc1)[C@@H](C)CCC2[C@@H](C)/C=C/C=C(C)C. The van der Waals surface area contributed by atoms with E-state index >= 15 is 0 Å². The zero-order valence-electron chi connectivity index (χ0n) is 19.0. The van der Waals surface area contributed by atoms with Crippen LogP contribution in [0.5, 0.6) is 5.75 Å². The third-order valence-corrected chi connectivity index (χ3v) is 6.35. The Labute approximate surface area is 177 Å². The van der Waals surface area contributed by atoms with Gasteiger partial charge in [-0.05, 0) is 73.6 Å². The number of methoxy groups -OCH3 is 1. The molecule has 0 aliphatic heterocycles. The van der Waals surface area contributed by atoms with Gasteiger partial charge in [0, 0.05) is 12.0 Å². The summed E-state index contributed by atoms with van der Waals surface area (Å²) in [5, 5.41) is 0. The lowest BCUT2D eigenvalue weighted by atomic mass is 9.70. The van der Waals surface area contributed by atoms with Crippen molar-refractivity contribution in [3.05, 3.63) is 88.0 Å². The molecule has 3 atom stereocenters. The molecule has 0 heterocycles. The Bertz CT molecular complexity index is 884. The minimum Gasteiger partial charge on any atom is -0.496 e. The molecular formula is C28H36O. The first kappa shape index (κ1) is 21.4. The van der Waals surface area contributed by atoms with Crippen LogP contribution in [0.4, 0.5) is 0 Å². The molecule has 3 rings (SSSR count). The van der Waals surface area contributed by atoms with E-state index in [1.54, 1.807) is 5.56 Å². The van der Waals surface area contributed by atoms with Gasteiger partial charge in [-0.1, -0.05) is 74.0 Å². The normalized spacial score (nSPS) is 19.7. The number of rotatable bonds is 6. The average molecular weight is 389 g/mol. The van der Waals surface area contributed by atoms with Gasteiger partial charge in [0.25, 0.3) is 0 Å². The van der Waals surface area contributed by atoms with E-state index in [1.807, 2.05) is 7.11 Å². The fourth-order valence-corrected chi connectivity index (χ4v) is 4.89. The van der Waals surface area contributed by atoms with Crippen LogP contribution in [0, 0.1) is 12.8 Å². The maximum absolute atomic E-state index is 5.93. The van der Waals surface area contributed by atoms with Crippen molar-refractivity contribution in [2.75, 3.05) is 7.11 Å². The number of benzene rings is 2. The van der Waals surface area contributed by atoms with Gasteiger partial charge in [-0.15, -0.1) is 0 Å². The van der Waals surface area contributed by atoms with Gasteiger partial charge < -0.3 is 4.74 Å². The van der Waals surface area contributed by atoms with Crippen LogP contribution in [0.2, 0.25) is 0 Å². The molecule has 0 spiro atoms. The predicted molar refractivity (Wildman–Crippen MR) is 125 cm³/mol. The number of hydrogen-bond donors (Lipinski definition) is 0. The summed E-state index contributed by atoms with van der Waals surface area (Å²) in [6, 6.07) is 13.2. The molecule has 1 heteroatoms. The number of fused-ring (bicyclic) bond motifs is 1. The molecule has 0 N–H and O–H groups in total. The molecule has 0 saturated carbocycles. The second-order valence-corrected chi connectivity index (χ2v) is 8.94. The number of aryl methyl sites for hydroxylation is 1. The van der Waals surface area contributed by atoms with E-state index in [-0.39, 0.29) is 0 Å². The standard InChI is InChI=1S/C28H36O/c1-19(2)11-10-12-20(3)24-16-15-21(4)27-25(24)17-22(5)28(29-6)26(27)18-23-13-8-7-9-14-23/h7-14,17,20-21,24H,15-16,18H2,1-6H3/b12-10+/t20-,21-,24?/m0/s1. The van der Waals surface area contributed by atoms with Crippen LogP contribution in [0.15, 0.2) is 60.2 Å². The summed E-state index contributed by atoms with van der Waals surface area (Å²) < 4.78 is 5.93. The van der Waals surface area contributed by atoms with Crippen LogP contribution >= 0.6 is 0 Å². The van der Waals surface area contributed by atoms with Gasteiger partial charge in [-0.25, -0.2) is 0 Å². The Balaban J connectivity index is 2.08. The van der Waals surface area contributed by atoms with E-state index in [2.05, 4.69) is 89.2 Å². The van der Waals surface area contributed by atoms with Crippen molar-refractivity contribution >= 4 is 0 Å². The van der Waals surface area contributed by atoms with Crippen LogP contribution in [0.25, 0.3) is 0 Å². The predicted octanol–water partition coefficient (Wildman–Crippen LogP) is 7.73. The van der Waals surface area contributed by atoms with Crippen molar-refractivity contribution in [2.24, 2.45) is 5.92 Å².